The van der Waals surface area contributed by atoms with E-state index >= 15 is 0 Å². The summed E-state index contributed by atoms with van der Waals surface area (Å²) in [6.45, 7) is 4.51. The van der Waals surface area contributed by atoms with E-state index in [0.717, 1.165) is 10.8 Å². The van der Waals surface area contributed by atoms with Crippen LogP contribution in [0.25, 0.3) is 10.8 Å². The van der Waals surface area contributed by atoms with Gasteiger partial charge in [0.05, 0.1) is 0 Å². The van der Waals surface area contributed by atoms with Gasteiger partial charge in [0.15, 0.2) is 5.78 Å². The van der Waals surface area contributed by atoms with Crippen molar-refractivity contribution in [1.29, 1.82) is 0 Å². The predicted octanol–water partition coefficient (Wildman–Crippen LogP) is 3.14. The summed E-state index contributed by atoms with van der Waals surface area (Å²) < 4.78 is 0. The molecule has 0 saturated carbocycles. The van der Waals surface area contributed by atoms with Crippen molar-refractivity contribution in [2.24, 2.45) is 5.41 Å². The van der Waals surface area contributed by atoms with Crippen LogP contribution in [0.1, 0.15) is 23.7 Å². The van der Waals surface area contributed by atoms with Crippen molar-refractivity contribution >= 4 is 28.5 Å². The Morgan fingerprint density at radius 3 is 2.22 bits per heavy atom. The van der Waals surface area contributed by atoms with Crippen LogP contribution in [-0.2, 0) is 9.59 Å². The maximum absolute atomic E-state index is 12.4. The van der Waals surface area contributed by atoms with Gasteiger partial charge < -0.3 is 10.2 Å². The number of fused-ring (bicyclic) bond motifs is 1. The maximum Gasteiger partial charge on any atom is 0.332 e. The molecule has 0 aliphatic carbocycles. The molecular weight excluding hydrogens is 296 g/mol. The second-order valence-corrected chi connectivity index (χ2v) is 5.58. The highest BCUT2D eigenvalue weighted by Crippen LogP contribution is 2.32. The number of carbonyl (C=O) groups is 3. The van der Waals surface area contributed by atoms with Crippen LogP contribution in [0.2, 0.25) is 0 Å². The van der Waals surface area contributed by atoms with E-state index in [9.17, 15) is 19.5 Å². The third kappa shape index (κ3) is 3.13. The lowest BCUT2D eigenvalue weighted by Gasteiger charge is -2.24. The SMILES string of the molecule is C=C(C(=O)O)C(C)(CC(=O)c1ccc2ccccc2c1)C(=O)O. The molecule has 0 bridgehead atoms. The van der Waals surface area contributed by atoms with Gasteiger partial charge in [0, 0.05) is 17.6 Å². The van der Waals surface area contributed by atoms with E-state index in [4.69, 9.17) is 5.11 Å². The minimum Gasteiger partial charge on any atom is -0.481 e. The standard InChI is InChI=1S/C18H16O5/c1-11(16(20)21)18(2,17(22)23)10-15(19)14-8-7-12-5-3-4-6-13(12)9-14/h3-9H,1,10H2,2H3,(H,20,21)(H,22,23). The fraction of sp³-hybridized carbons (Fsp3) is 0.167. The molecule has 0 aliphatic heterocycles. The molecule has 5 heteroatoms. The van der Waals surface area contributed by atoms with E-state index < -0.39 is 35.1 Å². The van der Waals surface area contributed by atoms with Crippen LogP contribution in [0.3, 0.4) is 0 Å². The number of carboxylic acid groups (broad SMARTS) is 2. The number of benzene rings is 2. The van der Waals surface area contributed by atoms with Gasteiger partial charge in [-0.15, -0.1) is 0 Å². The third-order valence-corrected chi connectivity index (χ3v) is 3.98. The van der Waals surface area contributed by atoms with E-state index in [2.05, 4.69) is 6.58 Å². The molecule has 0 spiro atoms. The molecule has 0 fully saturated rings. The van der Waals surface area contributed by atoms with Gasteiger partial charge in [-0.05, 0) is 23.8 Å². The van der Waals surface area contributed by atoms with Crippen LogP contribution in [-0.4, -0.2) is 27.9 Å². The van der Waals surface area contributed by atoms with Crippen LogP contribution in [0.15, 0.2) is 54.6 Å². The zero-order valence-electron chi connectivity index (χ0n) is 12.6. The first kappa shape index (κ1) is 16.4. The molecule has 1 unspecified atom stereocenters. The molecule has 2 aromatic rings. The second-order valence-electron chi connectivity index (χ2n) is 5.58. The molecule has 5 nitrogen and oxygen atoms in total. The number of carbonyl (C=O) groups excluding carboxylic acids is 1. The third-order valence-electron chi connectivity index (χ3n) is 3.98. The van der Waals surface area contributed by atoms with Gasteiger partial charge >= 0.3 is 11.9 Å². The minimum absolute atomic E-state index is 0.342. The number of hydrogen-bond donors (Lipinski definition) is 2. The van der Waals surface area contributed by atoms with E-state index in [1.165, 1.54) is 6.92 Å². The van der Waals surface area contributed by atoms with Gasteiger partial charge in [-0.3, -0.25) is 9.59 Å². The highest BCUT2D eigenvalue weighted by Gasteiger charge is 2.41. The summed E-state index contributed by atoms with van der Waals surface area (Å²) in [5.41, 5.74) is -2.03. The number of carboxylic acids is 2. The molecule has 118 valence electrons. The number of aliphatic carboxylic acids is 2. The Balaban J connectivity index is 2.36. The fourth-order valence-corrected chi connectivity index (χ4v) is 2.33. The van der Waals surface area contributed by atoms with E-state index in [-0.39, 0.29) is 0 Å². The minimum atomic E-state index is -1.85. The molecular formula is C18H16O5. The van der Waals surface area contributed by atoms with Crippen LogP contribution < -0.4 is 0 Å². The zero-order chi connectivity index (χ0) is 17.2. The first-order valence-electron chi connectivity index (χ1n) is 6.94. The first-order valence-corrected chi connectivity index (χ1v) is 6.94. The Labute approximate surface area is 132 Å². The van der Waals surface area contributed by atoms with Crippen molar-refractivity contribution in [2.75, 3.05) is 0 Å². The van der Waals surface area contributed by atoms with Crippen molar-refractivity contribution in [2.45, 2.75) is 13.3 Å². The van der Waals surface area contributed by atoms with Gasteiger partial charge in [0.1, 0.15) is 5.41 Å². The van der Waals surface area contributed by atoms with E-state index in [1.807, 2.05) is 24.3 Å². The number of ketones is 1. The molecule has 23 heavy (non-hydrogen) atoms. The Hall–Kier alpha value is -2.95. The van der Waals surface area contributed by atoms with Crippen LogP contribution in [0.4, 0.5) is 0 Å². The lowest BCUT2D eigenvalue weighted by atomic mass is 9.77. The van der Waals surface area contributed by atoms with Gasteiger partial charge in [0.2, 0.25) is 0 Å². The van der Waals surface area contributed by atoms with Crippen molar-refractivity contribution < 1.29 is 24.6 Å². The zero-order valence-corrected chi connectivity index (χ0v) is 12.6. The monoisotopic (exact) mass is 312 g/mol. The van der Waals surface area contributed by atoms with E-state index in [0.29, 0.717) is 5.56 Å². The second kappa shape index (κ2) is 6.04. The largest absolute Gasteiger partial charge is 0.481 e. The summed E-state index contributed by atoms with van der Waals surface area (Å²) in [5, 5.41) is 20.2. The smallest absolute Gasteiger partial charge is 0.332 e. The lowest BCUT2D eigenvalue weighted by molar-refractivity contribution is -0.149. The van der Waals surface area contributed by atoms with Gasteiger partial charge in [-0.25, -0.2) is 4.79 Å². The van der Waals surface area contributed by atoms with Crippen LogP contribution in [0.5, 0.6) is 0 Å². The quantitative estimate of drug-likeness (QED) is 0.631. The summed E-state index contributed by atoms with van der Waals surface area (Å²) in [7, 11) is 0. The summed E-state index contributed by atoms with van der Waals surface area (Å²) in [6.07, 6.45) is -0.466. The van der Waals surface area contributed by atoms with Crippen molar-refractivity contribution in [1.82, 2.24) is 0 Å². The molecule has 2 aromatic carbocycles. The molecule has 2 rings (SSSR count). The van der Waals surface area contributed by atoms with Gasteiger partial charge in [0.25, 0.3) is 0 Å². The average Bonchev–Trinajstić information content (AvgIpc) is 2.53. The topological polar surface area (TPSA) is 91.7 Å². The van der Waals surface area contributed by atoms with Crippen molar-refractivity contribution in [3.8, 4) is 0 Å². The highest BCUT2D eigenvalue weighted by molar-refractivity contribution is 6.05. The summed E-state index contributed by atoms with van der Waals surface area (Å²) >= 11 is 0. The average molecular weight is 312 g/mol. The number of hydrogen-bond acceptors (Lipinski definition) is 3. The molecule has 1 atom stereocenters. The Kier molecular flexibility index (Phi) is 4.31. The number of rotatable bonds is 6. The Morgan fingerprint density at radius 2 is 1.65 bits per heavy atom. The van der Waals surface area contributed by atoms with Crippen molar-refractivity contribution in [3.05, 3.63) is 60.2 Å². The normalized spacial score (nSPS) is 13.3. The summed E-state index contributed by atoms with van der Waals surface area (Å²) in [5.74, 6) is -3.26. The van der Waals surface area contributed by atoms with Gasteiger partial charge in [-0.1, -0.05) is 43.0 Å². The van der Waals surface area contributed by atoms with Crippen LogP contribution >= 0.6 is 0 Å². The Morgan fingerprint density at radius 1 is 1.04 bits per heavy atom. The van der Waals surface area contributed by atoms with Crippen molar-refractivity contribution in [3.63, 3.8) is 0 Å². The van der Waals surface area contributed by atoms with Crippen LogP contribution in [0, 0.1) is 5.41 Å². The molecule has 0 aliphatic rings. The molecule has 0 saturated heterocycles. The molecule has 0 aromatic heterocycles. The fourth-order valence-electron chi connectivity index (χ4n) is 2.33. The summed E-state index contributed by atoms with van der Waals surface area (Å²) in [4.78, 5) is 35.0. The summed E-state index contributed by atoms with van der Waals surface area (Å²) in [6, 6.07) is 12.5. The number of Topliss-reactive ketones (excluding diaryl/α,β-unsaturated/α-hetero) is 1. The highest BCUT2D eigenvalue weighted by atomic mass is 16.4. The van der Waals surface area contributed by atoms with E-state index in [1.54, 1.807) is 18.2 Å². The molecule has 0 radical (unpaired) electrons. The Bertz CT molecular complexity index is 821. The molecule has 0 amide bonds. The molecule has 2 N–H and O–H groups in total. The first-order chi connectivity index (χ1) is 10.8. The molecule has 0 heterocycles. The lowest BCUT2D eigenvalue weighted by Crippen LogP contribution is -2.35. The van der Waals surface area contributed by atoms with Gasteiger partial charge in [-0.2, -0.15) is 0 Å². The predicted molar refractivity (Wildman–Crippen MR) is 85.4 cm³/mol. The maximum atomic E-state index is 12.4.